The van der Waals surface area contributed by atoms with Gasteiger partial charge >= 0.3 is 0 Å². The highest BCUT2D eigenvalue weighted by Gasteiger charge is 2.23. The van der Waals surface area contributed by atoms with Crippen molar-refractivity contribution in [3.05, 3.63) is 69.8 Å². The second-order valence-electron chi connectivity index (χ2n) is 14.2. The van der Waals surface area contributed by atoms with Crippen LogP contribution in [0.15, 0.2) is 36.4 Å². The predicted octanol–water partition coefficient (Wildman–Crippen LogP) is 6.92. The van der Waals surface area contributed by atoms with Gasteiger partial charge in [-0.1, -0.05) is 107 Å². The van der Waals surface area contributed by atoms with E-state index in [1.807, 2.05) is 12.1 Å². The number of carbonyl (C=O) groups is 2. The number of hydrogen-bond acceptors (Lipinski definition) is 2. The van der Waals surface area contributed by atoms with E-state index >= 15 is 0 Å². The molecule has 2 rings (SSSR count). The Morgan fingerprint density at radius 3 is 1.28 bits per heavy atom. The van der Waals surface area contributed by atoms with E-state index in [0.717, 1.165) is 16.7 Å². The Bertz CT molecular complexity index is 1040. The summed E-state index contributed by atoms with van der Waals surface area (Å²) >= 11 is 0. The first kappa shape index (κ1) is 29.6. The zero-order valence-corrected chi connectivity index (χ0v) is 24.7. The molecule has 198 valence electrons. The summed E-state index contributed by atoms with van der Waals surface area (Å²) in [6.07, 6.45) is 0. The summed E-state index contributed by atoms with van der Waals surface area (Å²) in [7, 11) is 0. The van der Waals surface area contributed by atoms with E-state index in [1.165, 1.54) is 11.1 Å². The lowest BCUT2D eigenvalue weighted by Gasteiger charge is -2.26. The van der Waals surface area contributed by atoms with Crippen LogP contribution in [0.25, 0.3) is 0 Å². The molecular formula is C32H48N2O2. The number of hydrogen-bond donors (Lipinski definition) is 2. The summed E-state index contributed by atoms with van der Waals surface area (Å²) in [5, 5.41) is 5.79. The van der Waals surface area contributed by atoms with E-state index in [-0.39, 0.29) is 40.0 Å². The average molecular weight is 493 g/mol. The van der Waals surface area contributed by atoms with Gasteiger partial charge in [0.15, 0.2) is 0 Å². The standard InChI is InChI=1S/C32H48N2O2/c1-29(2,3)23-13-21(14-24(17-23)30(4,5)6)19-33-27(35)20-34-28(36)22-15-25(31(7,8)9)18-26(16-22)32(10,11)12/h13-18H,19-20H2,1-12H3,(H,33,35)(H,34,36). The summed E-state index contributed by atoms with van der Waals surface area (Å²) in [4.78, 5) is 25.6. The van der Waals surface area contributed by atoms with Gasteiger partial charge in [0.2, 0.25) is 5.91 Å². The van der Waals surface area contributed by atoms with Gasteiger partial charge < -0.3 is 10.6 Å². The van der Waals surface area contributed by atoms with Gasteiger partial charge in [-0.3, -0.25) is 9.59 Å². The molecule has 0 aliphatic rings. The van der Waals surface area contributed by atoms with Gasteiger partial charge in [-0.15, -0.1) is 0 Å². The number of benzene rings is 2. The topological polar surface area (TPSA) is 58.2 Å². The fourth-order valence-corrected chi connectivity index (χ4v) is 3.81. The molecule has 0 saturated heterocycles. The molecule has 2 amide bonds. The van der Waals surface area contributed by atoms with Crippen LogP contribution in [0.4, 0.5) is 0 Å². The van der Waals surface area contributed by atoms with Gasteiger partial charge in [0.25, 0.3) is 5.91 Å². The van der Waals surface area contributed by atoms with Crippen molar-refractivity contribution in [2.45, 2.75) is 111 Å². The van der Waals surface area contributed by atoms with Crippen LogP contribution in [0, 0.1) is 0 Å². The van der Waals surface area contributed by atoms with E-state index in [0.29, 0.717) is 12.1 Å². The van der Waals surface area contributed by atoms with Gasteiger partial charge in [-0.2, -0.15) is 0 Å². The predicted molar refractivity (Wildman–Crippen MR) is 152 cm³/mol. The molecule has 0 fully saturated rings. The number of carbonyl (C=O) groups excluding carboxylic acids is 2. The smallest absolute Gasteiger partial charge is 0.251 e. The maximum Gasteiger partial charge on any atom is 0.251 e. The van der Waals surface area contributed by atoms with Crippen molar-refractivity contribution < 1.29 is 9.59 Å². The molecule has 2 aromatic rings. The van der Waals surface area contributed by atoms with E-state index in [1.54, 1.807) is 0 Å². The minimum absolute atomic E-state index is 0.0154. The lowest BCUT2D eigenvalue weighted by atomic mass is 9.79. The van der Waals surface area contributed by atoms with E-state index in [2.05, 4.69) is 118 Å². The van der Waals surface area contributed by atoms with Crippen LogP contribution >= 0.6 is 0 Å². The molecule has 36 heavy (non-hydrogen) atoms. The third-order valence-corrected chi connectivity index (χ3v) is 6.55. The van der Waals surface area contributed by atoms with E-state index < -0.39 is 0 Å². The van der Waals surface area contributed by atoms with Crippen molar-refractivity contribution in [3.63, 3.8) is 0 Å². The number of rotatable bonds is 5. The van der Waals surface area contributed by atoms with Gasteiger partial charge in [0.1, 0.15) is 0 Å². The van der Waals surface area contributed by atoms with Crippen LogP contribution in [0.5, 0.6) is 0 Å². The normalized spacial score (nSPS) is 12.9. The highest BCUT2D eigenvalue weighted by molar-refractivity contribution is 5.96. The Balaban J connectivity index is 2.13. The molecule has 0 aliphatic carbocycles. The molecule has 0 atom stereocenters. The van der Waals surface area contributed by atoms with Crippen molar-refractivity contribution in [2.75, 3.05) is 6.54 Å². The second kappa shape index (κ2) is 10.4. The van der Waals surface area contributed by atoms with Crippen LogP contribution < -0.4 is 10.6 Å². The van der Waals surface area contributed by atoms with Gasteiger partial charge in [-0.25, -0.2) is 0 Å². The molecule has 2 aromatic carbocycles. The summed E-state index contributed by atoms with van der Waals surface area (Å²) in [6.45, 7) is 26.4. The first-order valence-corrected chi connectivity index (χ1v) is 13.0. The maximum absolute atomic E-state index is 13.0. The summed E-state index contributed by atoms with van der Waals surface area (Å²) in [5.41, 5.74) is 6.25. The number of amides is 2. The van der Waals surface area contributed by atoms with Crippen molar-refractivity contribution >= 4 is 11.8 Å². The van der Waals surface area contributed by atoms with Crippen LogP contribution in [0.3, 0.4) is 0 Å². The molecular weight excluding hydrogens is 444 g/mol. The van der Waals surface area contributed by atoms with Gasteiger partial charge in [0, 0.05) is 12.1 Å². The quantitative estimate of drug-likeness (QED) is 0.476. The van der Waals surface area contributed by atoms with Crippen LogP contribution in [0.2, 0.25) is 0 Å². The lowest BCUT2D eigenvalue weighted by molar-refractivity contribution is -0.120. The highest BCUT2D eigenvalue weighted by atomic mass is 16.2. The molecule has 0 aromatic heterocycles. The molecule has 2 N–H and O–H groups in total. The Morgan fingerprint density at radius 2 is 0.917 bits per heavy atom. The third-order valence-electron chi connectivity index (χ3n) is 6.55. The number of nitrogens with one attached hydrogen (secondary N) is 2. The second-order valence-corrected chi connectivity index (χ2v) is 14.2. The molecule has 0 heterocycles. The third kappa shape index (κ3) is 8.21. The molecule has 4 heteroatoms. The van der Waals surface area contributed by atoms with E-state index in [9.17, 15) is 9.59 Å². The van der Waals surface area contributed by atoms with Crippen molar-refractivity contribution in [1.82, 2.24) is 10.6 Å². The van der Waals surface area contributed by atoms with Gasteiger partial charge in [0.05, 0.1) is 6.54 Å². The fraction of sp³-hybridized carbons (Fsp3) is 0.562. The highest BCUT2D eigenvalue weighted by Crippen LogP contribution is 2.31. The van der Waals surface area contributed by atoms with E-state index in [4.69, 9.17) is 0 Å². The van der Waals surface area contributed by atoms with Crippen molar-refractivity contribution in [3.8, 4) is 0 Å². The largest absolute Gasteiger partial charge is 0.350 e. The van der Waals surface area contributed by atoms with Crippen molar-refractivity contribution in [1.29, 1.82) is 0 Å². The molecule has 0 unspecified atom stereocenters. The van der Waals surface area contributed by atoms with Crippen LogP contribution in [-0.4, -0.2) is 18.4 Å². The molecule has 0 radical (unpaired) electrons. The Kier molecular flexibility index (Phi) is 8.55. The Morgan fingerprint density at radius 1 is 0.556 bits per heavy atom. The zero-order valence-electron chi connectivity index (χ0n) is 24.7. The molecule has 0 bridgehead atoms. The minimum Gasteiger partial charge on any atom is -0.350 e. The first-order valence-electron chi connectivity index (χ1n) is 13.0. The summed E-state index contributed by atoms with van der Waals surface area (Å²) < 4.78 is 0. The SMILES string of the molecule is CC(C)(C)c1cc(CNC(=O)CNC(=O)c2cc(C(C)(C)C)cc(C(C)(C)C)c2)cc(C(C)(C)C)c1. The lowest BCUT2D eigenvalue weighted by Crippen LogP contribution is -2.37. The minimum atomic E-state index is -0.230. The molecule has 0 aliphatic heterocycles. The van der Waals surface area contributed by atoms with Crippen molar-refractivity contribution in [2.24, 2.45) is 0 Å². The Hall–Kier alpha value is -2.62. The maximum atomic E-state index is 13.0. The summed E-state index contributed by atoms with van der Waals surface area (Å²) in [6, 6.07) is 12.7. The zero-order chi connectivity index (χ0) is 27.7. The summed E-state index contributed by atoms with van der Waals surface area (Å²) in [5.74, 6) is -0.434. The molecule has 0 saturated carbocycles. The fourth-order valence-electron chi connectivity index (χ4n) is 3.81. The Labute approximate surface area is 219 Å². The van der Waals surface area contributed by atoms with Crippen LogP contribution in [0.1, 0.15) is 121 Å². The molecule has 4 nitrogen and oxygen atoms in total. The monoisotopic (exact) mass is 492 g/mol. The van der Waals surface area contributed by atoms with Gasteiger partial charge in [-0.05, 0) is 61.6 Å². The van der Waals surface area contributed by atoms with Crippen LogP contribution in [-0.2, 0) is 33.0 Å². The molecule has 0 spiro atoms. The average Bonchev–Trinajstić information content (AvgIpc) is 2.73. The first-order chi connectivity index (χ1) is 16.2.